The minimum atomic E-state index is -1.04. The van der Waals surface area contributed by atoms with Gasteiger partial charge >= 0.3 is 12.0 Å². The lowest BCUT2D eigenvalue weighted by Gasteiger charge is -2.10. The first-order valence-corrected chi connectivity index (χ1v) is 6.29. The van der Waals surface area contributed by atoms with Crippen molar-refractivity contribution in [1.29, 1.82) is 0 Å². The molecule has 2 aromatic rings. The predicted octanol–water partition coefficient (Wildman–Crippen LogP) is 2.38. The van der Waals surface area contributed by atoms with Crippen LogP contribution in [0.4, 0.5) is 16.2 Å². The van der Waals surface area contributed by atoms with Gasteiger partial charge in [0.2, 0.25) is 0 Å². The number of aromatic carboxylic acids is 1. The SMILES string of the molecule is Cc1ccc(C(=O)O)cc1NC(=O)Nc1cn(C)nc1C. The minimum absolute atomic E-state index is 0.119. The van der Waals surface area contributed by atoms with Crippen molar-refractivity contribution >= 4 is 23.4 Å². The van der Waals surface area contributed by atoms with E-state index < -0.39 is 12.0 Å². The van der Waals surface area contributed by atoms with Crippen molar-refractivity contribution in [1.82, 2.24) is 9.78 Å². The summed E-state index contributed by atoms with van der Waals surface area (Å²) in [6.45, 7) is 3.57. The van der Waals surface area contributed by atoms with Gasteiger partial charge in [0.15, 0.2) is 0 Å². The quantitative estimate of drug-likeness (QED) is 0.807. The van der Waals surface area contributed by atoms with Gasteiger partial charge in [-0.25, -0.2) is 9.59 Å². The van der Waals surface area contributed by atoms with Crippen molar-refractivity contribution in [3.05, 3.63) is 41.2 Å². The predicted molar refractivity (Wildman–Crippen MR) is 78.7 cm³/mol. The molecule has 21 heavy (non-hydrogen) atoms. The van der Waals surface area contributed by atoms with Gasteiger partial charge in [-0.2, -0.15) is 5.10 Å². The van der Waals surface area contributed by atoms with E-state index in [1.54, 1.807) is 37.8 Å². The molecule has 110 valence electrons. The van der Waals surface area contributed by atoms with Gasteiger partial charge in [-0.1, -0.05) is 6.07 Å². The first kappa shape index (κ1) is 14.6. The topological polar surface area (TPSA) is 96.3 Å². The van der Waals surface area contributed by atoms with Gasteiger partial charge in [0.1, 0.15) is 0 Å². The van der Waals surface area contributed by atoms with E-state index in [4.69, 9.17) is 5.11 Å². The lowest BCUT2D eigenvalue weighted by atomic mass is 10.1. The molecule has 0 unspecified atom stereocenters. The standard InChI is InChI=1S/C14H16N4O3/c1-8-4-5-10(13(19)20)6-11(8)15-14(21)16-12-7-18(3)17-9(12)2/h4-7H,1-3H3,(H,19,20)(H2,15,16,21). The van der Waals surface area contributed by atoms with Crippen LogP contribution in [0, 0.1) is 13.8 Å². The number of anilines is 2. The summed E-state index contributed by atoms with van der Waals surface area (Å²) in [7, 11) is 1.76. The number of nitrogens with zero attached hydrogens (tertiary/aromatic N) is 2. The van der Waals surface area contributed by atoms with Crippen LogP contribution in [0.1, 0.15) is 21.6 Å². The molecule has 0 bridgehead atoms. The van der Waals surface area contributed by atoms with Crippen molar-refractivity contribution in [3.8, 4) is 0 Å². The second kappa shape index (κ2) is 5.66. The zero-order valence-corrected chi connectivity index (χ0v) is 12.0. The van der Waals surface area contributed by atoms with Crippen LogP contribution < -0.4 is 10.6 Å². The normalized spacial score (nSPS) is 10.2. The molecule has 0 atom stereocenters. The maximum atomic E-state index is 12.0. The summed E-state index contributed by atoms with van der Waals surface area (Å²) in [6, 6.07) is 4.12. The van der Waals surface area contributed by atoms with E-state index in [0.717, 1.165) is 5.56 Å². The molecule has 3 N–H and O–H groups in total. The average molecular weight is 288 g/mol. The number of carbonyl (C=O) groups is 2. The maximum absolute atomic E-state index is 12.0. The van der Waals surface area contributed by atoms with Gasteiger partial charge in [-0.15, -0.1) is 0 Å². The Balaban J connectivity index is 2.14. The van der Waals surface area contributed by atoms with Gasteiger partial charge in [0, 0.05) is 18.9 Å². The second-order valence-electron chi connectivity index (χ2n) is 4.72. The largest absolute Gasteiger partial charge is 0.478 e. The summed E-state index contributed by atoms with van der Waals surface area (Å²) in [5.41, 5.74) is 2.64. The molecule has 0 saturated carbocycles. The molecule has 1 aromatic heterocycles. The van der Waals surface area contributed by atoms with E-state index >= 15 is 0 Å². The molecule has 1 heterocycles. The zero-order chi connectivity index (χ0) is 15.6. The molecule has 2 rings (SSSR count). The van der Waals surface area contributed by atoms with Gasteiger partial charge < -0.3 is 15.7 Å². The van der Waals surface area contributed by atoms with Gasteiger partial charge in [0.25, 0.3) is 0 Å². The van der Waals surface area contributed by atoms with Gasteiger partial charge in [-0.3, -0.25) is 4.68 Å². The molecule has 0 aliphatic rings. The number of aromatic nitrogens is 2. The number of carbonyl (C=O) groups excluding carboxylic acids is 1. The first-order valence-electron chi connectivity index (χ1n) is 6.29. The number of carboxylic acids is 1. The fraction of sp³-hybridized carbons (Fsp3) is 0.214. The third-order valence-corrected chi connectivity index (χ3v) is 2.99. The Kier molecular flexibility index (Phi) is 3.93. The van der Waals surface area contributed by atoms with Crippen molar-refractivity contribution in [2.45, 2.75) is 13.8 Å². The van der Waals surface area contributed by atoms with Crippen LogP contribution in [0.2, 0.25) is 0 Å². The van der Waals surface area contributed by atoms with E-state index in [1.807, 2.05) is 0 Å². The van der Waals surface area contributed by atoms with Crippen LogP contribution in [0.3, 0.4) is 0 Å². The molecule has 2 amide bonds. The average Bonchev–Trinajstić information content (AvgIpc) is 2.70. The number of urea groups is 1. The number of hydrogen-bond acceptors (Lipinski definition) is 3. The molecule has 0 spiro atoms. The zero-order valence-electron chi connectivity index (χ0n) is 12.0. The third-order valence-electron chi connectivity index (χ3n) is 2.99. The molecule has 7 heteroatoms. The molecule has 0 radical (unpaired) electrons. The van der Waals surface area contributed by atoms with Crippen LogP contribution >= 0.6 is 0 Å². The van der Waals surface area contributed by atoms with E-state index in [9.17, 15) is 9.59 Å². The Labute approximate surface area is 121 Å². The molecule has 0 fully saturated rings. The Hall–Kier alpha value is -2.83. The Bertz CT molecular complexity index is 706. The van der Waals surface area contributed by atoms with Crippen LogP contribution in [0.5, 0.6) is 0 Å². The van der Waals surface area contributed by atoms with E-state index in [1.165, 1.54) is 12.1 Å². The summed E-state index contributed by atoms with van der Waals surface area (Å²) in [4.78, 5) is 22.9. The van der Waals surface area contributed by atoms with Crippen molar-refractivity contribution in [2.24, 2.45) is 7.05 Å². The molecule has 0 aliphatic carbocycles. The lowest BCUT2D eigenvalue weighted by Crippen LogP contribution is -2.20. The first-order chi connectivity index (χ1) is 9.86. The fourth-order valence-electron chi connectivity index (χ4n) is 1.89. The third kappa shape index (κ3) is 3.38. The lowest BCUT2D eigenvalue weighted by molar-refractivity contribution is 0.0697. The number of nitrogens with one attached hydrogen (secondary N) is 2. The van der Waals surface area contributed by atoms with E-state index in [-0.39, 0.29) is 5.56 Å². The van der Waals surface area contributed by atoms with Gasteiger partial charge in [0.05, 0.1) is 16.9 Å². The number of hydrogen-bond donors (Lipinski definition) is 3. The Morgan fingerprint density at radius 1 is 1.19 bits per heavy atom. The van der Waals surface area contributed by atoms with Crippen molar-refractivity contribution in [3.63, 3.8) is 0 Å². The summed E-state index contributed by atoms with van der Waals surface area (Å²) < 4.78 is 1.60. The molecule has 0 aliphatic heterocycles. The van der Waals surface area contributed by atoms with Crippen LogP contribution in [-0.2, 0) is 7.05 Å². The summed E-state index contributed by atoms with van der Waals surface area (Å²) >= 11 is 0. The van der Waals surface area contributed by atoms with Crippen molar-refractivity contribution in [2.75, 3.05) is 10.6 Å². The molecular weight excluding hydrogens is 272 g/mol. The number of amides is 2. The highest BCUT2D eigenvalue weighted by Crippen LogP contribution is 2.18. The monoisotopic (exact) mass is 288 g/mol. The fourth-order valence-corrected chi connectivity index (χ4v) is 1.89. The number of aryl methyl sites for hydroxylation is 3. The van der Waals surface area contributed by atoms with Gasteiger partial charge in [-0.05, 0) is 31.5 Å². The molecule has 0 saturated heterocycles. The Morgan fingerprint density at radius 2 is 1.86 bits per heavy atom. The molecule has 1 aromatic carbocycles. The highest BCUT2D eigenvalue weighted by Gasteiger charge is 2.11. The summed E-state index contributed by atoms with van der Waals surface area (Å²) in [5, 5.41) is 18.4. The highest BCUT2D eigenvalue weighted by atomic mass is 16.4. The number of benzene rings is 1. The highest BCUT2D eigenvalue weighted by molar-refractivity contribution is 6.01. The van der Waals surface area contributed by atoms with Crippen LogP contribution in [0.25, 0.3) is 0 Å². The number of carboxylic acid groups (broad SMARTS) is 1. The van der Waals surface area contributed by atoms with E-state index in [0.29, 0.717) is 17.1 Å². The number of rotatable bonds is 3. The molecule has 7 nitrogen and oxygen atoms in total. The van der Waals surface area contributed by atoms with Crippen LogP contribution in [0.15, 0.2) is 24.4 Å². The smallest absolute Gasteiger partial charge is 0.335 e. The van der Waals surface area contributed by atoms with Crippen molar-refractivity contribution < 1.29 is 14.7 Å². The minimum Gasteiger partial charge on any atom is -0.478 e. The summed E-state index contributed by atoms with van der Waals surface area (Å²) in [6.07, 6.45) is 1.69. The summed E-state index contributed by atoms with van der Waals surface area (Å²) in [5.74, 6) is -1.04. The maximum Gasteiger partial charge on any atom is 0.335 e. The molecular formula is C14H16N4O3. The Morgan fingerprint density at radius 3 is 2.43 bits per heavy atom. The van der Waals surface area contributed by atoms with Crippen LogP contribution in [-0.4, -0.2) is 26.9 Å². The van der Waals surface area contributed by atoms with E-state index in [2.05, 4.69) is 15.7 Å². The second-order valence-corrected chi connectivity index (χ2v) is 4.72.